The number of carbonyl (C=O) groups excluding carboxylic acids is 1. The van der Waals surface area contributed by atoms with Gasteiger partial charge in [-0.05, 0) is 47.7 Å². The van der Waals surface area contributed by atoms with Gasteiger partial charge in [0.25, 0.3) is 0 Å². The summed E-state index contributed by atoms with van der Waals surface area (Å²) in [6.07, 6.45) is 0. The molecule has 2 unspecified atom stereocenters. The summed E-state index contributed by atoms with van der Waals surface area (Å²) in [5.41, 5.74) is 2.31. The second-order valence-corrected chi connectivity index (χ2v) is 8.65. The first kappa shape index (κ1) is 20.3. The van der Waals surface area contributed by atoms with E-state index in [0.29, 0.717) is 49.5 Å². The zero-order valence-corrected chi connectivity index (χ0v) is 17.7. The van der Waals surface area contributed by atoms with E-state index in [1.54, 1.807) is 19.2 Å². The van der Waals surface area contributed by atoms with E-state index in [2.05, 4.69) is 22.3 Å². The summed E-state index contributed by atoms with van der Waals surface area (Å²) in [7, 11) is 1.68. The Bertz CT molecular complexity index is 951. The molecule has 2 saturated heterocycles. The van der Waals surface area contributed by atoms with Crippen molar-refractivity contribution < 1.29 is 18.7 Å². The van der Waals surface area contributed by atoms with Crippen molar-refractivity contribution in [1.82, 2.24) is 4.90 Å². The van der Waals surface area contributed by atoms with Gasteiger partial charge in [-0.2, -0.15) is 0 Å². The van der Waals surface area contributed by atoms with E-state index in [9.17, 15) is 9.18 Å². The van der Waals surface area contributed by atoms with Gasteiger partial charge >= 0.3 is 0 Å². The highest BCUT2D eigenvalue weighted by atomic mass is 19.1. The molecule has 0 bridgehead atoms. The molecule has 1 saturated carbocycles. The van der Waals surface area contributed by atoms with Crippen LogP contribution in [0.3, 0.4) is 0 Å². The predicted octanol–water partition coefficient (Wildman–Crippen LogP) is 2.99. The van der Waals surface area contributed by atoms with Crippen LogP contribution in [0.5, 0.6) is 5.75 Å². The summed E-state index contributed by atoms with van der Waals surface area (Å²) in [4.78, 5) is 17.1. The molecule has 2 heterocycles. The number of ether oxygens (including phenoxy) is 2. The Labute approximate surface area is 181 Å². The van der Waals surface area contributed by atoms with Crippen LogP contribution in [-0.4, -0.2) is 57.3 Å². The van der Waals surface area contributed by atoms with E-state index in [0.717, 1.165) is 25.4 Å². The average molecular weight is 426 g/mol. The van der Waals surface area contributed by atoms with Crippen molar-refractivity contribution in [1.29, 1.82) is 0 Å². The van der Waals surface area contributed by atoms with E-state index in [4.69, 9.17) is 9.47 Å². The maximum atomic E-state index is 14.6. The zero-order valence-electron chi connectivity index (χ0n) is 17.7. The van der Waals surface area contributed by atoms with Gasteiger partial charge in [-0.1, -0.05) is 12.1 Å². The maximum Gasteiger partial charge on any atom is 0.228 e. The normalized spacial score (nSPS) is 25.2. The van der Waals surface area contributed by atoms with Gasteiger partial charge in [0.05, 0.1) is 26.0 Å². The lowest BCUT2D eigenvalue weighted by Gasteiger charge is -2.29. The summed E-state index contributed by atoms with van der Waals surface area (Å²) >= 11 is 0. The number of amides is 1. The number of hydrogen-bond acceptors (Lipinski definition) is 5. The van der Waals surface area contributed by atoms with Gasteiger partial charge in [0.2, 0.25) is 5.91 Å². The van der Waals surface area contributed by atoms with E-state index >= 15 is 0 Å². The number of halogens is 1. The number of morpholine rings is 1. The Morgan fingerprint density at radius 3 is 2.65 bits per heavy atom. The molecule has 0 radical (unpaired) electrons. The molecule has 2 aromatic carbocycles. The summed E-state index contributed by atoms with van der Waals surface area (Å²) in [5, 5.41) is 2.93. The third-order valence-electron chi connectivity index (χ3n) is 6.68. The Morgan fingerprint density at radius 2 is 1.94 bits per heavy atom. The van der Waals surface area contributed by atoms with Crippen LogP contribution in [0.2, 0.25) is 0 Å². The SMILES string of the molecule is COc1cccc(CN2CC3C(C2)C3C(=O)Nc2ccc(N3CCOCC3)c(F)c2)c1. The lowest BCUT2D eigenvalue weighted by Crippen LogP contribution is -2.36. The molecule has 0 aromatic heterocycles. The molecule has 5 rings (SSSR count). The van der Waals surface area contributed by atoms with E-state index < -0.39 is 0 Å². The summed E-state index contributed by atoms with van der Waals surface area (Å²) < 4.78 is 25.2. The molecule has 2 aromatic rings. The van der Waals surface area contributed by atoms with Crippen LogP contribution in [0.1, 0.15) is 5.56 Å². The second-order valence-electron chi connectivity index (χ2n) is 8.65. The lowest BCUT2D eigenvalue weighted by atomic mass is 10.1. The minimum absolute atomic E-state index is 0.00885. The van der Waals surface area contributed by atoms with Crippen LogP contribution in [0.15, 0.2) is 42.5 Å². The number of likely N-dealkylation sites (tertiary alicyclic amines) is 1. The largest absolute Gasteiger partial charge is 0.497 e. The Hall–Kier alpha value is -2.64. The number of hydrogen-bond donors (Lipinski definition) is 1. The first-order valence-electron chi connectivity index (χ1n) is 10.9. The Kier molecular flexibility index (Phi) is 5.54. The molecule has 1 N–H and O–H groups in total. The summed E-state index contributed by atoms with van der Waals surface area (Å²) in [6.45, 7) is 5.29. The zero-order chi connectivity index (χ0) is 21.4. The number of nitrogens with zero attached hydrogens (tertiary/aromatic N) is 2. The molecule has 3 fully saturated rings. The number of rotatable bonds is 6. The first-order valence-corrected chi connectivity index (χ1v) is 10.9. The van der Waals surface area contributed by atoms with Gasteiger partial charge in [0.15, 0.2) is 0 Å². The summed E-state index contributed by atoms with van der Waals surface area (Å²) in [5.74, 6) is 1.38. The molecule has 164 valence electrons. The molecule has 31 heavy (non-hydrogen) atoms. The van der Waals surface area contributed by atoms with Crippen LogP contribution in [0.25, 0.3) is 0 Å². The van der Waals surface area contributed by atoms with Crippen molar-refractivity contribution in [2.75, 3.05) is 56.7 Å². The van der Waals surface area contributed by atoms with Gasteiger partial charge in [0.1, 0.15) is 11.6 Å². The molecule has 6 nitrogen and oxygen atoms in total. The van der Waals surface area contributed by atoms with E-state index in [-0.39, 0.29) is 17.6 Å². The quantitative estimate of drug-likeness (QED) is 0.771. The molecule has 1 amide bonds. The van der Waals surface area contributed by atoms with Crippen molar-refractivity contribution in [2.45, 2.75) is 6.54 Å². The first-order chi connectivity index (χ1) is 15.1. The average Bonchev–Trinajstić information content (AvgIpc) is 3.30. The van der Waals surface area contributed by atoms with Gasteiger partial charge in [-0.15, -0.1) is 0 Å². The number of nitrogens with one attached hydrogen (secondary N) is 1. The second kappa shape index (κ2) is 8.48. The molecule has 2 aliphatic heterocycles. The third-order valence-corrected chi connectivity index (χ3v) is 6.68. The maximum absolute atomic E-state index is 14.6. The highest BCUT2D eigenvalue weighted by molar-refractivity contribution is 5.95. The van der Waals surface area contributed by atoms with Crippen LogP contribution < -0.4 is 15.0 Å². The Balaban J connectivity index is 1.14. The fraction of sp³-hybridized carbons (Fsp3) is 0.458. The van der Waals surface area contributed by atoms with Crippen LogP contribution in [0, 0.1) is 23.6 Å². The Morgan fingerprint density at radius 1 is 1.16 bits per heavy atom. The topological polar surface area (TPSA) is 54.0 Å². The predicted molar refractivity (Wildman–Crippen MR) is 117 cm³/mol. The molecule has 7 heteroatoms. The van der Waals surface area contributed by atoms with E-state index in [1.807, 2.05) is 17.0 Å². The number of methoxy groups -OCH3 is 1. The molecule has 3 aliphatic rings. The fourth-order valence-corrected chi connectivity index (χ4v) is 5.03. The highest BCUT2D eigenvalue weighted by Crippen LogP contribution is 2.52. The standard InChI is InChI=1S/C24H28FN3O3/c1-30-18-4-2-3-16(11-18)13-27-14-19-20(15-27)23(19)24(29)26-17-5-6-22(21(25)12-17)28-7-9-31-10-8-28/h2-6,11-12,19-20,23H,7-10,13-15H2,1H3,(H,26,29). The minimum Gasteiger partial charge on any atom is -0.497 e. The lowest BCUT2D eigenvalue weighted by molar-refractivity contribution is -0.118. The van der Waals surface area contributed by atoms with Crippen molar-refractivity contribution in [3.63, 3.8) is 0 Å². The van der Waals surface area contributed by atoms with Crippen molar-refractivity contribution in [3.05, 3.63) is 53.8 Å². The number of benzene rings is 2. The number of carbonyl (C=O) groups is 1. The van der Waals surface area contributed by atoms with Crippen molar-refractivity contribution >= 4 is 17.3 Å². The van der Waals surface area contributed by atoms with Gasteiger partial charge in [-0.25, -0.2) is 4.39 Å². The van der Waals surface area contributed by atoms with Crippen LogP contribution in [0.4, 0.5) is 15.8 Å². The van der Waals surface area contributed by atoms with Crippen molar-refractivity contribution in [3.8, 4) is 5.75 Å². The summed E-state index contributed by atoms with van der Waals surface area (Å²) in [6, 6.07) is 13.1. The van der Waals surface area contributed by atoms with E-state index in [1.165, 1.54) is 11.6 Å². The smallest absolute Gasteiger partial charge is 0.228 e. The monoisotopic (exact) mass is 425 g/mol. The van der Waals surface area contributed by atoms with Gasteiger partial charge in [0, 0.05) is 44.3 Å². The van der Waals surface area contributed by atoms with Gasteiger partial charge in [-0.3, -0.25) is 9.69 Å². The van der Waals surface area contributed by atoms with Crippen LogP contribution in [-0.2, 0) is 16.1 Å². The van der Waals surface area contributed by atoms with Crippen molar-refractivity contribution in [2.24, 2.45) is 17.8 Å². The number of anilines is 2. The third kappa shape index (κ3) is 4.25. The van der Waals surface area contributed by atoms with Gasteiger partial charge < -0.3 is 19.7 Å². The number of fused-ring (bicyclic) bond motifs is 1. The fourth-order valence-electron chi connectivity index (χ4n) is 5.03. The molecule has 2 atom stereocenters. The van der Waals surface area contributed by atoms with Crippen LogP contribution >= 0.6 is 0 Å². The minimum atomic E-state index is -0.305. The molecular formula is C24H28FN3O3. The molecule has 1 aliphatic carbocycles. The molecule has 0 spiro atoms. The highest BCUT2D eigenvalue weighted by Gasteiger charge is 2.59. The number of piperidine rings is 1. The molecular weight excluding hydrogens is 397 g/mol.